The van der Waals surface area contributed by atoms with Crippen LogP contribution in [-0.2, 0) is 0 Å². The van der Waals surface area contributed by atoms with Crippen LogP contribution >= 0.6 is 0 Å². The number of unbranched alkanes of at least 4 members (excludes halogenated alkanes) is 1. The molecule has 1 aromatic carbocycles. The van der Waals surface area contributed by atoms with E-state index in [9.17, 15) is 4.79 Å². The molecule has 0 unspecified atom stereocenters. The molecule has 2 rings (SSSR count). The normalized spacial score (nSPS) is 10.3. The molecule has 0 atom stereocenters. The van der Waals surface area contributed by atoms with Gasteiger partial charge in [0.15, 0.2) is 0 Å². The molecule has 128 valence electrons. The van der Waals surface area contributed by atoms with E-state index in [1.165, 1.54) is 0 Å². The molecule has 5 nitrogen and oxygen atoms in total. The average molecular weight is 327 g/mol. The molecule has 1 amide bonds. The van der Waals surface area contributed by atoms with Crippen LogP contribution in [0.4, 0.5) is 11.4 Å². The Morgan fingerprint density at radius 1 is 1.29 bits per heavy atom. The van der Waals surface area contributed by atoms with Crippen LogP contribution in [0.25, 0.3) is 0 Å². The smallest absolute Gasteiger partial charge is 0.274 e. The zero-order chi connectivity index (χ0) is 17.5. The number of anilines is 2. The van der Waals surface area contributed by atoms with Gasteiger partial charge in [-0.1, -0.05) is 19.4 Å². The number of aryl methyl sites for hydroxylation is 1. The van der Waals surface area contributed by atoms with Gasteiger partial charge >= 0.3 is 0 Å². The Kier molecular flexibility index (Phi) is 6.18. The van der Waals surface area contributed by atoms with Gasteiger partial charge in [-0.25, -0.2) is 4.98 Å². The molecule has 2 aromatic rings. The fourth-order valence-corrected chi connectivity index (χ4v) is 2.38. The monoisotopic (exact) mass is 327 g/mol. The minimum atomic E-state index is -0.248. The SMILES string of the molecule is CCCCN(C)c1ccc(C(=O)Nc2cc(C)ccc2OC)nc1. The summed E-state index contributed by atoms with van der Waals surface area (Å²) in [7, 11) is 3.61. The molecule has 1 N–H and O–H groups in total. The third kappa shape index (κ3) is 4.47. The molecule has 0 aliphatic rings. The van der Waals surface area contributed by atoms with E-state index in [2.05, 4.69) is 22.1 Å². The van der Waals surface area contributed by atoms with Crippen molar-refractivity contribution < 1.29 is 9.53 Å². The number of rotatable bonds is 7. The van der Waals surface area contributed by atoms with Crippen LogP contribution < -0.4 is 15.0 Å². The third-order valence-corrected chi connectivity index (χ3v) is 3.87. The number of aromatic nitrogens is 1. The number of benzene rings is 1. The summed E-state index contributed by atoms with van der Waals surface area (Å²) in [5.41, 5.74) is 3.08. The van der Waals surface area contributed by atoms with Crippen LogP contribution in [0.3, 0.4) is 0 Å². The van der Waals surface area contributed by atoms with Crippen LogP contribution in [0.5, 0.6) is 5.75 Å². The fraction of sp³-hybridized carbons (Fsp3) is 0.368. The van der Waals surface area contributed by atoms with E-state index in [1.807, 2.05) is 38.2 Å². The Bertz CT molecular complexity index is 684. The summed E-state index contributed by atoms with van der Waals surface area (Å²) in [5, 5.41) is 2.86. The summed E-state index contributed by atoms with van der Waals surface area (Å²) in [4.78, 5) is 18.8. The number of amides is 1. The molecule has 0 fully saturated rings. The first kappa shape index (κ1) is 17.8. The third-order valence-electron chi connectivity index (χ3n) is 3.87. The molecule has 0 saturated carbocycles. The van der Waals surface area contributed by atoms with Crippen molar-refractivity contribution in [2.75, 3.05) is 30.9 Å². The topological polar surface area (TPSA) is 54.5 Å². The van der Waals surface area contributed by atoms with Gasteiger partial charge in [-0.05, 0) is 43.2 Å². The van der Waals surface area contributed by atoms with E-state index in [-0.39, 0.29) is 5.91 Å². The van der Waals surface area contributed by atoms with Crippen molar-refractivity contribution in [3.63, 3.8) is 0 Å². The second-order valence-corrected chi connectivity index (χ2v) is 5.83. The van der Waals surface area contributed by atoms with Crippen molar-refractivity contribution in [3.05, 3.63) is 47.8 Å². The molecule has 0 bridgehead atoms. The van der Waals surface area contributed by atoms with Gasteiger partial charge in [0, 0.05) is 13.6 Å². The minimum Gasteiger partial charge on any atom is -0.495 e. The number of methoxy groups -OCH3 is 1. The fourth-order valence-electron chi connectivity index (χ4n) is 2.38. The molecule has 0 spiro atoms. The summed E-state index contributed by atoms with van der Waals surface area (Å²) in [6.45, 7) is 5.11. The van der Waals surface area contributed by atoms with E-state index >= 15 is 0 Å². The Morgan fingerprint density at radius 2 is 2.08 bits per heavy atom. The van der Waals surface area contributed by atoms with Gasteiger partial charge in [0.25, 0.3) is 5.91 Å². The molecule has 1 aromatic heterocycles. The summed E-state index contributed by atoms with van der Waals surface area (Å²) in [6.07, 6.45) is 4.01. The van der Waals surface area contributed by atoms with Crippen LogP contribution in [0.2, 0.25) is 0 Å². The van der Waals surface area contributed by atoms with Gasteiger partial charge in [0.2, 0.25) is 0 Å². The number of nitrogens with zero attached hydrogens (tertiary/aromatic N) is 2. The highest BCUT2D eigenvalue weighted by atomic mass is 16.5. The number of carbonyl (C=O) groups is 1. The first-order chi connectivity index (χ1) is 11.5. The highest BCUT2D eigenvalue weighted by Gasteiger charge is 2.12. The summed E-state index contributed by atoms with van der Waals surface area (Å²) in [5.74, 6) is 0.381. The van der Waals surface area contributed by atoms with Crippen molar-refractivity contribution in [1.82, 2.24) is 4.98 Å². The standard InChI is InChI=1S/C19H25N3O2/c1-5-6-11-22(3)15-8-9-16(20-13-15)19(23)21-17-12-14(2)7-10-18(17)24-4/h7-10,12-13H,5-6,11H2,1-4H3,(H,21,23). The number of nitrogens with one attached hydrogen (secondary N) is 1. The van der Waals surface area contributed by atoms with Gasteiger partial charge in [-0.3, -0.25) is 4.79 Å². The van der Waals surface area contributed by atoms with Crippen LogP contribution in [0.1, 0.15) is 35.8 Å². The van der Waals surface area contributed by atoms with E-state index in [0.29, 0.717) is 17.1 Å². The van der Waals surface area contributed by atoms with Gasteiger partial charge in [0.1, 0.15) is 11.4 Å². The van der Waals surface area contributed by atoms with Crippen molar-refractivity contribution in [1.29, 1.82) is 0 Å². The Hall–Kier alpha value is -2.56. The van der Waals surface area contributed by atoms with Gasteiger partial charge in [-0.2, -0.15) is 0 Å². The van der Waals surface area contributed by atoms with E-state index < -0.39 is 0 Å². The quantitative estimate of drug-likeness (QED) is 0.838. The lowest BCUT2D eigenvalue weighted by molar-refractivity contribution is 0.102. The summed E-state index contributed by atoms with van der Waals surface area (Å²) in [6, 6.07) is 9.32. The maximum absolute atomic E-state index is 12.4. The molecule has 0 aliphatic heterocycles. The predicted octanol–water partition coefficient (Wildman–Crippen LogP) is 3.89. The lowest BCUT2D eigenvalue weighted by Gasteiger charge is -2.18. The highest BCUT2D eigenvalue weighted by molar-refractivity contribution is 6.03. The molecule has 0 radical (unpaired) electrons. The zero-order valence-electron chi connectivity index (χ0n) is 14.8. The second-order valence-electron chi connectivity index (χ2n) is 5.83. The number of ether oxygens (including phenoxy) is 1. The first-order valence-electron chi connectivity index (χ1n) is 8.18. The Labute approximate surface area is 143 Å². The average Bonchev–Trinajstić information content (AvgIpc) is 2.60. The second kappa shape index (κ2) is 8.34. The largest absolute Gasteiger partial charge is 0.495 e. The van der Waals surface area contributed by atoms with Crippen LogP contribution in [-0.4, -0.2) is 31.6 Å². The molecule has 0 saturated heterocycles. The van der Waals surface area contributed by atoms with Crippen molar-refractivity contribution in [3.8, 4) is 5.75 Å². The molecule has 24 heavy (non-hydrogen) atoms. The van der Waals surface area contributed by atoms with Gasteiger partial charge < -0.3 is 15.0 Å². The minimum absolute atomic E-state index is 0.248. The first-order valence-corrected chi connectivity index (χ1v) is 8.18. The van der Waals surface area contributed by atoms with E-state index in [4.69, 9.17) is 4.74 Å². The lowest BCUT2D eigenvalue weighted by Crippen LogP contribution is -2.19. The number of hydrogen-bond acceptors (Lipinski definition) is 4. The maximum atomic E-state index is 12.4. The van der Waals surface area contributed by atoms with E-state index in [0.717, 1.165) is 30.6 Å². The zero-order valence-corrected chi connectivity index (χ0v) is 14.8. The van der Waals surface area contributed by atoms with Crippen molar-refractivity contribution in [2.45, 2.75) is 26.7 Å². The number of pyridine rings is 1. The van der Waals surface area contributed by atoms with Gasteiger partial charge in [-0.15, -0.1) is 0 Å². The molecule has 1 heterocycles. The predicted molar refractivity (Wildman–Crippen MR) is 98.1 cm³/mol. The molecular formula is C19H25N3O2. The van der Waals surface area contributed by atoms with E-state index in [1.54, 1.807) is 19.4 Å². The van der Waals surface area contributed by atoms with Crippen molar-refractivity contribution in [2.24, 2.45) is 0 Å². The molecular weight excluding hydrogens is 302 g/mol. The number of hydrogen-bond donors (Lipinski definition) is 1. The summed E-state index contributed by atoms with van der Waals surface area (Å²) >= 11 is 0. The Morgan fingerprint density at radius 3 is 2.71 bits per heavy atom. The maximum Gasteiger partial charge on any atom is 0.274 e. The van der Waals surface area contributed by atoms with Crippen LogP contribution in [0, 0.1) is 6.92 Å². The highest BCUT2D eigenvalue weighted by Crippen LogP contribution is 2.25. The van der Waals surface area contributed by atoms with Crippen molar-refractivity contribution >= 4 is 17.3 Å². The molecule has 0 aliphatic carbocycles. The molecule has 5 heteroatoms. The Balaban J connectivity index is 2.09. The summed E-state index contributed by atoms with van der Waals surface area (Å²) < 4.78 is 5.28. The van der Waals surface area contributed by atoms with Crippen LogP contribution in [0.15, 0.2) is 36.5 Å². The number of carbonyl (C=O) groups excluding carboxylic acids is 1. The van der Waals surface area contributed by atoms with Gasteiger partial charge in [0.05, 0.1) is 24.7 Å². The lowest BCUT2D eigenvalue weighted by atomic mass is 10.2.